The van der Waals surface area contributed by atoms with Crippen LogP contribution < -0.4 is 11.1 Å². The highest BCUT2D eigenvalue weighted by atomic mass is 16.3. The minimum Gasteiger partial charge on any atom is -0.389 e. The first-order valence-corrected chi connectivity index (χ1v) is 7.52. The van der Waals surface area contributed by atoms with Crippen LogP contribution in [0, 0.1) is 0 Å². The Balaban J connectivity index is 1.70. The van der Waals surface area contributed by atoms with Crippen LogP contribution in [0.4, 0.5) is 5.69 Å². The molecule has 1 aliphatic rings. The Morgan fingerprint density at radius 3 is 3.00 bits per heavy atom. The van der Waals surface area contributed by atoms with Gasteiger partial charge in [0, 0.05) is 31.7 Å². The molecular weight excluding hydrogens is 266 g/mol. The summed E-state index contributed by atoms with van der Waals surface area (Å²) in [7, 11) is 0. The summed E-state index contributed by atoms with van der Waals surface area (Å²) >= 11 is 0. The molecule has 0 saturated carbocycles. The number of carbonyl (C=O) groups is 1. The van der Waals surface area contributed by atoms with Gasteiger partial charge in [-0.15, -0.1) is 0 Å². The summed E-state index contributed by atoms with van der Waals surface area (Å²) in [5, 5.41) is 12.8. The molecule has 4 N–H and O–H groups in total. The van der Waals surface area contributed by atoms with Crippen molar-refractivity contribution in [2.45, 2.75) is 38.3 Å². The van der Waals surface area contributed by atoms with E-state index in [1.54, 1.807) is 0 Å². The van der Waals surface area contributed by atoms with Crippen LogP contribution in [0.15, 0.2) is 24.3 Å². The molecule has 0 aliphatic carbocycles. The van der Waals surface area contributed by atoms with Crippen LogP contribution in [0.25, 0.3) is 0 Å². The van der Waals surface area contributed by atoms with Gasteiger partial charge in [0.2, 0.25) is 5.91 Å². The SMILES string of the molecule is CC1(O)CCN(CCCC(=O)Nc2cccc(CN)c2)C1. The average Bonchev–Trinajstić information content (AvgIpc) is 2.78. The van der Waals surface area contributed by atoms with Gasteiger partial charge in [-0.05, 0) is 44.0 Å². The van der Waals surface area contributed by atoms with Gasteiger partial charge in [0.1, 0.15) is 0 Å². The average molecular weight is 291 g/mol. The predicted octanol–water partition coefficient (Wildman–Crippen LogP) is 1.32. The van der Waals surface area contributed by atoms with Crippen LogP contribution in [0.1, 0.15) is 31.7 Å². The number of nitrogens with zero attached hydrogens (tertiary/aromatic N) is 1. The summed E-state index contributed by atoms with van der Waals surface area (Å²) in [5.74, 6) is 0.0233. The van der Waals surface area contributed by atoms with Gasteiger partial charge in [-0.3, -0.25) is 4.79 Å². The van der Waals surface area contributed by atoms with Crippen molar-refractivity contribution in [1.82, 2.24) is 4.90 Å². The molecule has 116 valence electrons. The summed E-state index contributed by atoms with van der Waals surface area (Å²) in [6.45, 7) is 4.80. The number of nitrogens with two attached hydrogens (primary N) is 1. The Bertz CT molecular complexity index is 488. The molecule has 0 radical (unpaired) electrons. The molecule has 1 heterocycles. The third-order valence-electron chi connectivity index (χ3n) is 3.86. The molecule has 5 heteroatoms. The maximum atomic E-state index is 11.9. The molecule has 0 bridgehead atoms. The van der Waals surface area contributed by atoms with E-state index in [2.05, 4.69) is 10.2 Å². The molecule has 1 unspecified atom stereocenters. The van der Waals surface area contributed by atoms with E-state index < -0.39 is 5.60 Å². The Labute approximate surface area is 126 Å². The molecule has 2 rings (SSSR count). The summed E-state index contributed by atoms with van der Waals surface area (Å²) in [6, 6.07) is 7.60. The van der Waals surface area contributed by atoms with E-state index in [4.69, 9.17) is 5.73 Å². The maximum Gasteiger partial charge on any atom is 0.224 e. The zero-order valence-electron chi connectivity index (χ0n) is 12.6. The van der Waals surface area contributed by atoms with E-state index in [0.717, 1.165) is 37.2 Å². The van der Waals surface area contributed by atoms with Gasteiger partial charge in [-0.2, -0.15) is 0 Å². The number of nitrogens with one attached hydrogen (secondary N) is 1. The molecule has 1 aromatic rings. The zero-order valence-corrected chi connectivity index (χ0v) is 12.6. The largest absolute Gasteiger partial charge is 0.389 e. The molecule has 5 nitrogen and oxygen atoms in total. The van der Waals surface area contributed by atoms with Crippen molar-refractivity contribution < 1.29 is 9.90 Å². The lowest BCUT2D eigenvalue weighted by Crippen LogP contribution is -2.30. The topological polar surface area (TPSA) is 78.6 Å². The van der Waals surface area contributed by atoms with E-state index in [0.29, 0.717) is 19.5 Å². The van der Waals surface area contributed by atoms with Crippen molar-refractivity contribution in [2.24, 2.45) is 5.73 Å². The molecule has 1 amide bonds. The highest BCUT2D eigenvalue weighted by Gasteiger charge is 2.30. The van der Waals surface area contributed by atoms with Crippen LogP contribution >= 0.6 is 0 Å². The molecule has 1 atom stereocenters. The lowest BCUT2D eigenvalue weighted by Gasteiger charge is -2.18. The van der Waals surface area contributed by atoms with Gasteiger partial charge in [0.25, 0.3) is 0 Å². The number of amides is 1. The summed E-state index contributed by atoms with van der Waals surface area (Å²) in [5.41, 5.74) is 6.82. The number of carbonyl (C=O) groups excluding carboxylic acids is 1. The third-order valence-corrected chi connectivity index (χ3v) is 3.86. The number of likely N-dealkylation sites (tertiary alicyclic amines) is 1. The zero-order chi connectivity index (χ0) is 15.3. The van der Waals surface area contributed by atoms with Gasteiger partial charge in [-0.25, -0.2) is 0 Å². The number of anilines is 1. The molecule has 0 spiro atoms. The van der Waals surface area contributed by atoms with E-state index in [1.807, 2.05) is 31.2 Å². The number of hydrogen-bond acceptors (Lipinski definition) is 4. The normalized spacial score (nSPS) is 22.4. The van der Waals surface area contributed by atoms with Crippen molar-refractivity contribution in [1.29, 1.82) is 0 Å². The van der Waals surface area contributed by atoms with Crippen molar-refractivity contribution in [2.75, 3.05) is 25.0 Å². The van der Waals surface area contributed by atoms with Crippen LogP contribution in [-0.2, 0) is 11.3 Å². The van der Waals surface area contributed by atoms with Crippen molar-refractivity contribution in [3.05, 3.63) is 29.8 Å². The van der Waals surface area contributed by atoms with Gasteiger partial charge in [0.15, 0.2) is 0 Å². The smallest absolute Gasteiger partial charge is 0.224 e. The molecule has 0 aromatic heterocycles. The molecule has 1 saturated heterocycles. The lowest BCUT2D eigenvalue weighted by atomic mass is 10.1. The van der Waals surface area contributed by atoms with Gasteiger partial charge in [0.05, 0.1) is 5.60 Å². The van der Waals surface area contributed by atoms with Crippen LogP contribution in [0.3, 0.4) is 0 Å². The second-order valence-electron chi connectivity index (χ2n) is 6.08. The fourth-order valence-corrected chi connectivity index (χ4v) is 2.69. The first-order chi connectivity index (χ1) is 9.98. The maximum absolute atomic E-state index is 11.9. The van der Waals surface area contributed by atoms with E-state index >= 15 is 0 Å². The third kappa shape index (κ3) is 5.12. The summed E-state index contributed by atoms with van der Waals surface area (Å²) < 4.78 is 0. The van der Waals surface area contributed by atoms with E-state index in [1.165, 1.54) is 0 Å². The Hall–Kier alpha value is -1.43. The van der Waals surface area contributed by atoms with Gasteiger partial charge < -0.3 is 21.1 Å². The number of hydrogen-bond donors (Lipinski definition) is 3. The first kappa shape index (κ1) is 15.9. The summed E-state index contributed by atoms with van der Waals surface area (Å²) in [4.78, 5) is 14.1. The highest BCUT2D eigenvalue weighted by molar-refractivity contribution is 5.90. The van der Waals surface area contributed by atoms with Crippen LogP contribution in [0.2, 0.25) is 0 Å². The Kier molecular flexibility index (Phi) is 5.33. The fraction of sp³-hybridized carbons (Fsp3) is 0.562. The fourth-order valence-electron chi connectivity index (χ4n) is 2.69. The second-order valence-corrected chi connectivity index (χ2v) is 6.08. The van der Waals surface area contributed by atoms with Crippen molar-refractivity contribution in [3.63, 3.8) is 0 Å². The van der Waals surface area contributed by atoms with Crippen molar-refractivity contribution >= 4 is 11.6 Å². The van der Waals surface area contributed by atoms with E-state index in [-0.39, 0.29) is 5.91 Å². The predicted molar refractivity (Wildman–Crippen MR) is 83.9 cm³/mol. The van der Waals surface area contributed by atoms with Crippen LogP contribution in [0.5, 0.6) is 0 Å². The van der Waals surface area contributed by atoms with Gasteiger partial charge >= 0.3 is 0 Å². The first-order valence-electron chi connectivity index (χ1n) is 7.52. The van der Waals surface area contributed by atoms with Crippen molar-refractivity contribution in [3.8, 4) is 0 Å². The molecule has 1 aliphatic heterocycles. The number of β-amino-alcohol motifs (C(OH)–C–C–N with tert-alkyl or cyclic N) is 1. The molecule has 1 aromatic carbocycles. The Morgan fingerprint density at radius 2 is 2.33 bits per heavy atom. The van der Waals surface area contributed by atoms with Crippen LogP contribution in [-0.4, -0.2) is 41.1 Å². The molecule has 1 fully saturated rings. The molecular formula is C16H25N3O2. The summed E-state index contributed by atoms with van der Waals surface area (Å²) in [6.07, 6.45) is 2.11. The minimum absolute atomic E-state index is 0.0233. The number of benzene rings is 1. The minimum atomic E-state index is -0.565. The standard InChI is InChI=1S/C16H25N3O2/c1-16(21)7-9-19(12-16)8-3-6-15(20)18-14-5-2-4-13(10-14)11-17/h2,4-5,10,21H,3,6-9,11-12,17H2,1H3,(H,18,20). The monoisotopic (exact) mass is 291 g/mol. The quantitative estimate of drug-likeness (QED) is 0.738. The van der Waals surface area contributed by atoms with E-state index in [9.17, 15) is 9.90 Å². The number of aliphatic hydroxyl groups is 1. The lowest BCUT2D eigenvalue weighted by molar-refractivity contribution is -0.116. The second kappa shape index (κ2) is 7.02. The van der Waals surface area contributed by atoms with Gasteiger partial charge in [-0.1, -0.05) is 12.1 Å². The Morgan fingerprint density at radius 1 is 1.52 bits per heavy atom. The molecule has 21 heavy (non-hydrogen) atoms. The highest BCUT2D eigenvalue weighted by Crippen LogP contribution is 2.20. The number of rotatable bonds is 6.